The summed E-state index contributed by atoms with van der Waals surface area (Å²) in [5.41, 5.74) is 0.0406. The molecule has 0 saturated carbocycles. The van der Waals surface area contributed by atoms with Crippen LogP contribution in [0.5, 0.6) is 11.5 Å². The van der Waals surface area contributed by atoms with E-state index in [1.54, 1.807) is 6.07 Å². The van der Waals surface area contributed by atoms with Crippen LogP contribution in [0.4, 0.5) is 20.2 Å². The first kappa shape index (κ1) is 21.1. The van der Waals surface area contributed by atoms with E-state index in [0.717, 1.165) is 0 Å². The van der Waals surface area contributed by atoms with E-state index in [9.17, 15) is 23.7 Å². The summed E-state index contributed by atoms with van der Waals surface area (Å²) in [5, 5.41) is 13.4. The standard InChI is InChI=1S/C19H13ClF2N2O6/c20-13-9-11(5-7-15(13)30-19(21)22)23-18(25)17-8-6-12(29-17)10-28-16-4-2-1-3-14(16)24(26)27/h1-9,19H,10H2,(H,23,25). The van der Waals surface area contributed by atoms with Gasteiger partial charge in [-0.15, -0.1) is 0 Å². The number of hydrogen-bond donors (Lipinski definition) is 1. The summed E-state index contributed by atoms with van der Waals surface area (Å²) in [4.78, 5) is 22.7. The number of hydrogen-bond acceptors (Lipinski definition) is 6. The average molecular weight is 439 g/mol. The van der Waals surface area contributed by atoms with Crippen LogP contribution in [0.25, 0.3) is 0 Å². The maximum Gasteiger partial charge on any atom is 0.387 e. The van der Waals surface area contributed by atoms with E-state index in [4.69, 9.17) is 20.8 Å². The van der Waals surface area contributed by atoms with Crippen molar-refractivity contribution in [2.45, 2.75) is 13.2 Å². The molecule has 11 heteroatoms. The van der Waals surface area contributed by atoms with Crippen molar-refractivity contribution in [3.8, 4) is 11.5 Å². The SMILES string of the molecule is O=C(Nc1ccc(OC(F)F)c(Cl)c1)c1ccc(COc2ccccc2[N+](=O)[O-])o1. The number of alkyl halides is 2. The summed E-state index contributed by atoms with van der Waals surface area (Å²) in [5.74, 6) is -0.578. The van der Waals surface area contributed by atoms with Crippen LogP contribution in [0.15, 0.2) is 59.0 Å². The molecule has 2 aromatic carbocycles. The van der Waals surface area contributed by atoms with Gasteiger partial charge in [-0.3, -0.25) is 14.9 Å². The van der Waals surface area contributed by atoms with Crippen LogP contribution >= 0.6 is 11.6 Å². The molecule has 8 nitrogen and oxygen atoms in total. The molecular weight excluding hydrogens is 426 g/mol. The van der Waals surface area contributed by atoms with Crippen molar-refractivity contribution in [1.82, 2.24) is 0 Å². The first-order valence-corrected chi connectivity index (χ1v) is 8.72. The van der Waals surface area contributed by atoms with Crippen molar-refractivity contribution < 1.29 is 32.4 Å². The lowest BCUT2D eigenvalue weighted by Gasteiger charge is -2.09. The highest BCUT2D eigenvalue weighted by molar-refractivity contribution is 6.32. The van der Waals surface area contributed by atoms with Crippen molar-refractivity contribution >= 4 is 28.9 Å². The highest BCUT2D eigenvalue weighted by Crippen LogP contribution is 2.29. The largest absolute Gasteiger partial charge is 0.479 e. The number of halogens is 3. The topological polar surface area (TPSA) is 104 Å². The molecule has 0 aliphatic carbocycles. The monoisotopic (exact) mass is 438 g/mol. The maximum atomic E-state index is 12.3. The molecule has 0 saturated heterocycles. The quantitative estimate of drug-likeness (QED) is 0.379. The van der Waals surface area contributed by atoms with E-state index >= 15 is 0 Å². The van der Waals surface area contributed by atoms with Crippen LogP contribution in [-0.4, -0.2) is 17.4 Å². The minimum absolute atomic E-state index is 0.0554. The Bertz CT molecular complexity index is 1070. The normalized spacial score (nSPS) is 10.7. The molecule has 3 rings (SSSR count). The summed E-state index contributed by atoms with van der Waals surface area (Å²) in [6, 6.07) is 12.5. The minimum atomic E-state index is -3.02. The third-order valence-corrected chi connectivity index (χ3v) is 4.02. The number of nitro benzene ring substituents is 1. The fourth-order valence-corrected chi connectivity index (χ4v) is 2.64. The molecule has 3 aromatic rings. The smallest absolute Gasteiger partial charge is 0.387 e. The van der Waals surface area contributed by atoms with E-state index in [2.05, 4.69) is 10.1 Å². The van der Waals surface area contributed by atoms with E-state index in [0.29, 0.717) is 0 Å². The van der Waals surface area contributed by atoms with Gasteiger partial charge >= 0.3 is 12.3 Å². The number of nitrogens with one attached hydrogen (secondary N) is 1. The Balaban J connectivity index is 1.63. The van der Waals surface area contributed by atoms with Gasteiger partial charge in [-0.1, -0.05) is 23.7 Å². The molecule has 0 unspecified atom stereocenters. The number of para-hydroxylation sites is 2. The zero-order valence-corrected chi connectivity index (χ0v) is 15.8. The number of anilines is 1. The second-order valence-corrected chi connectivity index (χ2v) is 6.16. The summed E-state index contributed by atoms with van der Waals surface area (Å²) >= 11 is 5.84. The van der Waals surface area contributed by atoms with Crippen LogP contribution in [0.1, 0.15) is 16.3 Å². The molecular formula is C19H13ClF2N2O6. The van der Waals surface area contributed by atoms with Crippen molar-refractivity contribution in [1.29, 1.82) is 0 Å². The molecule has 0 spiro atoms. The molecule has 0 bridgehead atoms. The number of carbonyl (C=O) groups is 1. The summed E-state index contributed by atoms with van der Waals surface area (Å²) in [6.07, 6.45) is 0. The molecule has 30 heavy (non-hydrogen) atoms. The van der Waals surface area contributed by atoms with Crippen molar-refractivity contribution in [3.63, 3.8) is 0 Å². The number of benzene rings is 2. The van der Waals surface area contributed by atoms with Gasteiger partial charge in [0.25, 0.3) is 5.91 Å². The van der Waals surface area contributed by atoms with E-state index in [-0.39, 0.29) is 46.0 Å². The van der Waals surface area contributed by atoms with Crippen LogP contribution < -0.4 is 14.8 Å². The second-order valence-electron chi connectivity index (χ2n) is 5.76. The summed E-state index contributed by atoms with van der Waals surface area (Å²) < 4.78 is 39.5. The second kappa shape index (κ2) is 9.23. The minimum Gasteiger partial charge on any atom is -0.479 e. The Morgan fingerprint density at radius 3 is 2.63 bits per heavy atom. The van der Waals surface area contributed by atoms with Crippen molar-refractivity contribution in [2.75, 3.05) is 5.32 Å². The Morgan fingerprint density at radius 1 is 1.17 bits per heavy atom. The van der Waals surface area contributed by atoms with E-state index in [1.165, 1.54) is 48.5 Å². The molecule has 1 N–H and O–H groups in total. The lowest BCUT2D eigenvalue weighted by Crippen LogP contribution is -2.11. The van der Waals surface area contributed by atoms with Gasteiger partial charge in [0.1, 0.15) is 18.1 Å². The molecule has 1 amide bonds. The van der Waals surface area contributed by atoms with Crippen molar-refractivity contribution in [2.24, 2.45) is 0 Å². The lowest BCUT2D eigenvalue weighted by molar-refractivity contribution is -0.386. The Kier molecular flexibility index (Phi) is 6.48. The number of nitro groups is 1. The number of rotatable bonds is 8. The lowest BCUT2D eigenvalue weighted by atomic mass is 10.3. The number of ether oxygens (including phenoxy) is 2. The van der Waals surface area contributed by atoms with Gasteiger partial charge in [0.05, 0.1) is 9.95 Å². The van der Waals surface area contributed by atoms with Gasteiger partial charge in [0, 0.05) is 11.8 Å². The van der Waals surface area contributed by atoms with Gasteiger partial charge < -0.3 is 19.2 Å². The molecule has 0 aliphatic rings. The molecule has 1 aromatic heterocycles. The van der Waals surface area contributed by atoms with Crippen molar-refractivity contribution in [3.05, 3.63) is 81.3 Å². The zero-order valence-electron chi connectivity index (χ0n) is 15.0. The van der Waals surface area contributed by atoms with Crippen LogP contribution in [0.2, 0.25) is 5.02 Å². The van der Waals surface area contributed by atoms with E-state index < -0.39 is 17.4 Å². The van der Waals surface area contributed by atoms with Gasteiger partial charge in [-0.05, 0) is 36.4 Å². The molecule has 156 valence electrons. The van der Waals surface area contributed by atoms with Gasteiger partial charge in [-0.2, -0.15) is 8.78 Å². The first-order valence-electron chi connectivity index (χ1n) is 8.34. The molecule has 0 aliphatic heterocycles. The third kappa shape index (κ3) is 5.23. The van der Waals surface area contributed by atoms with Gasteiger partial charge in [-0.25, -0.2) is 0 Å². The van der Waals surface area contributed by atoms with Gasteiger partial charge in [0.15, 0.2) is 11.5 Å². The first-order chi connectivity index (χ1) is 14.3. The van der Waals surface area contributed by atoms with Gasteiger partial charge in [0.2, 0.25) is 0 Å². The fraction of sp³-hybridized carbons (Fsp3) is 0.105. The van der Waals surface area contributed by atoms with Crippen LogP contribution in [-0.2, 0) is 6.61 Å². The molecule has 0 atom stereocenters. The van der Waals surface area contributed by atoms with Crippen LogP contribution in [0.3, 0.4) is 0 Å². The highest BCUT2D eigenvalue weighted by atomic mass is 35.5. The number of amides is 1. The fourth-order valence-electron chi connectivity index (χ4n) is 2.42. The Hall–Kier alpha value is -3.66. The van der Waals surface area contributed by atoms with E-state index in [1.807, 2.05) is 0 Å². The maximum absolute atomic E-state index is 12.3. The predicted octanol–water partition coefficient (Wildman–Crippen LogP) is 5.27. The number of nitrogens with zero attached hydrogens (tertiary/aromatic N) is 1. The third-order valence-electron chi connectivity index (χ3n) is 3.72. The molecule has 0 radical (unpaired) electrons. The summed E-state index contributed by atoms with van der Waals surface area (Å²) in [7, 11) is 0. The molecule has 0 fully saturated rings. The summed E-state index contributed by atoms with van der Waals surface area (Å²) in [6.45, 7) is -3.16. The molecule has 1 heterocycles. The number of furan rings is 1. The number of carbonyl (C=O) groups excluding carboxylic acids is 1. The Labute approximate surface area is 173 Å². The Morgan fingerprint density at radius 2 is 1.93 bits per heavy atom. The average Bonchev–Trinajstić information content (AvgIpc) is 3.17. The predicted molar refractivity (Wildman–Crippen MR) is 102 cm³/mol. The highest BCUT2D eigenvalue weighted by Gasteiger charge is 2.16. The van der Waals surface area contributed by atoms with Crippen LogP contribution in [0, 0.1) is 10.1 Å². The zero-order chi connectivity index (χ0) is 21.7.